The van der Waals surface area contributed by atoms with Crippen molar-refractivity contribution in [2.24, 2.45) is 11.8 Å². The standard InChI is InChI=1S/C17H30N2S/c1-11(2)13-8-17(9-13,19-12(3)4)15-18-14(10-20-15)16(5,6)7/h10-13,19H,8-9H2,1-7H3. The van der Waals surface area contributed by atoms with Crippen molar-refractivity contribution < 1.29 is 0 Å². The van der Waals surface area contributed by atoms with E-state index in [0.717, 1.165) is 11.8 Å². The molecule has 1 fully saturated rings. The Morgan fingerprint density at radius 3 is 2.25 bits per heavy atom. The van der Waals surface area contributed by atoms with Gasteiger partial charge in [0, 0.05) is 16.8 Å². The zero-order chi connectivity index (χ0) is 15.1. The Labute approximate surface area is 128 Å². The maximum atomic E-state index is 4.98. The Morgan fingerprint density at radius 2 is 1.85 bits per heavy atom. The highest BCUT2D eigenvalue weighted by Crippen LogP contribution is 2.50. The Hall–Kier alpha value is -0.410. The lowest BCUT2D eigenvalue weighted by molar-refractivity contribution is 0.0596. The molecule has 2 nitrogen and oxygen atoms in total. The predicted molar refractivity (Wildman–Crippen MR) is 88.3 cm³/mol. The van der Waals surface area contributed by atoms with Crippen LogP contribution in [0.3, 0.4) is 0 Å². The number of rotatable bonds is 4. The number of aromatic nitrogens is 1. The number of hydrogen-bond acceptors (Lipinski definition) is 3. The van der Waals surface area contributed by atoms with Crippen LogP contribution in [0, 0.1) is 11.8 Å². The highest BCUT2D eigenvalue weighted by Gasteiger charge is 2.48. The fourth-order valence-corrected chi connectivity index (χ4v) is 4.28. The molecule has 0 radical (unpaired) electrons. The fourth-order valence-electron chi connectivity index (χ4n) is 3.05. The molecule has 1 aromatic heterocycles. The van der Waals surface area contributed by atoms with Gasteiger partial charge in [-0.15, -0.1) is 11.3 Å². The maximum absolute atomic E-state index is 4.98. The minimum atomic E-state index is 0.136. The van der Waals surface area contributed by atoms with Crippen LogP contribution in [-0.2, 0) is 11.0 Å². The van der Waals surface area contributed by atoms with Crippen LogP contribution >= 0.6 is 11.3 Å². The summed E-state index contributed by atoms with van der Waals surface area (Å²) in [5.74, 6) is 1.61. The molecule has 2 rings (SSSR count). The Kier molecular flexibility index (Phi) is 4.32. The first kappa shape index (κ1) is 16.0. The van der Waals surface area contributed by atoms with E-state index in [1.807, 2.05) is 11.3 Å². The van der Waals surface area contributed by atoms with Crippen molar-refractivity contribution in [3.05, 3.63) is 16.1 Å². The van der Waals surface area contributed by atoms with Crippen LogP contribution in [0.4, 0.5) is 0 Å². The van der Waals surface area contributed by atoms with Crippen molar-refractivity contribution >= 4 is 11.3 Å². The van der Waals surface area contributed by atoms with Crippen molar-refractivity contribution in [3.8, 4) is 0 Å². The first-order valence-electron chi connectivity index (χ1n) is 7.88. The molecular weight excluding hydrogens is 264 g/mol. The quantitative estimate of drug-likeness (QED) is 0.870. The Morgan fingerprint density at radius 1 is 1.25 bits per heavy atom. The molecule has 1 heterocycles. The van der Waals surface area contributed by atoms with Gasteiger partial charge in [-0.25, -0.2) is 4.98 Å². The van der Waals surface area contributed by atoms with Gasteiger partial charge in [-0.3, -0.25) is 0 Å². The molecule has 1 N–H and O–H groups in total. The maximum Gasteiger partial charge on any atom is 0.113 e. The van der Waals surface area contributed by atoms with E-state index in [2.05, 4.69) is 59.2 Å². The summed E-state index contributed by atoms with van der Waals surface area (Å²) in [6, 6.07) is 0.505. The molecule has 0 spiro atoms. The van der Waals surface area contributed by atoms with Gasteiger partial charge in [-0.05, 0) is 38.5 Å². The van der Waals surface area contributed by atoms with E-state index < -0.39 is 0 Å². The second-order valence-electron chi connectivity index (χ2n) is 8.08. The summed E-state index contributed by atoms with van der Waals surface area (Å²) in [7, 11) is 0. The van der Waals surface area contributed by atoms with Gasteiger partial charge in [0.05, 0.1) is 11.2 Å². The topological polar surface area (TPSA) is 24.9 Å². The molecule has 20 heavy (non-hydrogen) atoms. The predicted octanol–water partition coefficient (Wildman–Crippen LogP) is 4.70. The normalized spacial score (nSPS) is 27.1. The van der Waals surface area contributed by atoms with Gasteiger partial charge in [0.2, 0.25) is 0 Å². The summed E-state index contributed by atoms with van der Waals surface area (Å²) < 4.78 is 0. The molecule has 3 heteroatoms. The number of nitrogens with zero attached hydrogens (tertiary/aromatic N) is 1. The third-order valence-corrected chi connectivity index (χ3v) is 5.46. The molecule has 0 atom stereocenters. The number of nitrogens with one attached hydrogen (secondary N) is 1. The lowest BCUT2D eigenvalue weighted by Gasteiger charge is -2.50. The smallest absolute Gasteiger partial charge is 0.113 e. The van der Waals surface area contributed by atoms with Crippen LogP contribution in [0.2, 0.25) is 0 Å². The van der Waals surface area contributed by atoms with E-state index in [9.17, 15) is 0 Å². The van der Waals surface area contributed by atoms with E-state index in [1.165, 1.54) is 23.5 Å². The molecule has 0 bridgehead atoms. The average Bonchev–Trinajstić information content (AvgIpc) is 2.70. The van der Waals surface area contributed by atoms with Gasteiger partial charge in [0.1, 0.15) is 5.01 Å². The van der Waals surface area contributed by atoms with E-state index in [1.54, 1.807) is 0 Å². The van der Waals surface area contributed by atoms with E-state index in [-0.39, 0.29) is 11.0 Å². The van der Waals surface area contributed by atoms with Gasteiger partial charge >= 0.3 is 0 Å². The molecule has 0 saturated heterocycles. The number of thiazole rings is 1. The second kappa shape index (κ2) is 5.42. The zero-order valence-corrected chi connectivity index (χ0v) is 14.9. The Bertz CT molecular complexity index is 448. The van der Waals surface area contributed by atoms with Gasteiger partial charge < -0.3 is 5.32 Å². The number of hydrogen-bond donors (Lipinski definition) is 1. The largest absolute Gasteiger partial charge is 0.303 e. The zero-order valence-electron chi connectivity index (χ0n) is 14.1. The molecule has 1 aliphatic rings. The summed E-state index contributed by atoms with van der Waals surface area (Å²) >= 11 is 1.84. The molecular formula is C17H30N2S. The monoisotopic (exact) mass is 294 g/mol. The Balaban J connectivity index is 2.23. The second-order valence-corrected chi connectivity index (χ2v) is 8.94. The van der Waals surface area contributed by atoms with E-state index in [0.29, 0.717) is 6.04 Å². The van der Waals surface area contributed by atoms with Crippen LogP contribution in [0.15, 0.2) is 5.38 Å². The average molecular weight is 295 g/mol. The van der Waals surface area contributed by atoms with Crippen molar-refractivity contribution in [1.29, 1.82) is 0 Å². The lowest BCUT2D eigenvalue weighted by atomic mass is 9.64. The molecule has 0 aliphatic heterocycles. The minimum absolute atomic E-state index is 0.136. The molecule has 0 unspecified atom stereocenters. The SMILES string of the molecule is CC(C)NC1(c2nc(C(C)(C)C)cs2)CC(C(C)C)C1. The molecule has 0 aromatic carbocycles. The van der Waals surface area contributed by atoms with Crippen molar-refractivity contribution in [3.63, 3.8) is 0 Å². The summed E-state index contributed by atoms with van der Waals surface area (Å²) in [4.78, 5) is 4.98. The fraction of sp³-hybridized carbons (Fsp3) is 0.824. The van der Waals surface area contributed by atoms with Crippen LogP contribution in [0.25, 0.3) is 0 Å². The molecule has 1 saturated carbocycles. The molecule has 1 aromatic rings. The summed E-state index contributed by atoms with van der Waals surface area (Å²) in [5, 5.41) is 7.36. The first-order chi connectivity index (χ1) is 9.14. The summed E-state index contributed by atoms with van der Waals surface area (Å²) in [5.41, 5.74) is 1.52. The first-order valence-corrected chi connectivity index (χ1v) is 8.76. The highest BCUT2D eigenvalue weighted by molar-refractivity contribution is 7.09. The van der Waals surface area contributed by atoms with Crippen molar-refractivity contribution in [1.82, 2.24) is 10.3 Å². The van der Waals surface area contributed by atoms with Gasteiger partial charge in [0.25, 0.3) is 0 Å². The van der Waals surface area contributed by atoms with Crippen molar-refractivity contribution in [2.45, 2.75) is 78.3 Å². The third-order valence-electron chi connectivity index (χ3n) is 4.41. The van der Waals surface area contributed by atoms with Crippen LogP contribution in [-0.4, -0.2) is 11.0 Å². The van der Waals surface area contributed by atoms with Gasteiger partial charge in [-0.2, -0.15) is 0 Å². The summed E-state index contributed by atoms with van der Waals surface area (Å²) in [6.07, 6.45) is 2.47. The van der Waals surface area contributed by atoms with Gasteiger partial charge in [0.15, 0.2) is 0 Å². The molecule has 114 valence electrons. The van der Waals surface area contributed by atoms with Crippen LogP contribution in [0.5, 0.6) is 0 Å². The van der Waals surface area contributed by atoms with Crippen LogP contribution in [0.1, 0.15) is 72.0 Å². The minimum Gasteiger partial charge on any atom is -0.303 e. The lowest BCUT2D eigenvalue weighted by Crippen LogP contribution is -2.55. The molecule has 1 aliphatic carbocycles. The third kappa shape index (κ3) is 3.09. The van der Waals surface area contributed by atoms with Crippen molar-refractivity contribution in [2.75, 3.05) is 0 Å². The summed E-state index contributed by atoms with van der Waals surface area (Å²) in [6.45, 7) is 15.9. The highest BCUT2D eigenvalue weighted by atomic mass is 32.1. The van der Waals surface area contributed by atoms with E-state index >= 15 is 0 Å². The van der Waals surface area contributed by atoms with Crippen LogP contribution < -0.4 is 5.32 Å². The van der Waals surface area contributed by atoms with Gasteiger partial charge in [-0.1, -0.05) is 34.6 Å². The van der Waals surface area contributed by atoms with E-state index in [4.69, 9.17) is 4.98 Å². The molecule has 0 amide bonds.